The van der Waals surface area contributed by atoms with Crippen LogP contribution >= 0.6 is 0 Å². The smallest absolute Gasteiger partial charge is 0.126 e. The molecule has 1 aromatic carbocycles. The predicted octanol–water partition coefficient (Wildman–Crippen LogP) is 4.59. The number of aliphatic hydroxyl groups excluding tert-OH is 2. The second-order valence-electron chi connectivity index (χ2n) is 10.5. The summed E-state index contributed by atoms with van der Waals surface area (Å²) in [5.74, 6) is 7.14. The number of nitrogens with one attached hydrogen (secondary N) is 1. The van der Waals surface area contributed by atoms with Crippen LogP contribution in [0, 0.1) is 23.7 Å². The number of ether oxygens (including phenoxy) is 1. The van der Waals surface area contributed by atoms with Gasteiger partial charge >= 0.3 is 0 Å². The Hall–Kier alpha value is -1.80. The molecule has 3 N–H and O–H groups in total. The SMILES string of the molecule is CC#CC[C@@H](C)[C@H](O)C=C[C@@H]1[C@H]2c3cccc(CCCCNC(C)(C)C)c3O[C@H]2C[C@H]1O. The van der Waals surface area contributed by atoms with E-state index in [9.17, 15) is 10.2 Å². The highest BCUT2D eigenvalue weighted by molar-refractivity contribution is 5.49. The van der Waals surface area contributed by atoms with Crippen molar-refractivity contribution in [3.63, 3.8) is 0 Å². The van der Waals surface area contributed by atoms with Crippen LogP contribution in [-0.4, -0.2) is 40.6 Å². The van der Waals surface area contributed by atoms with Gasteiger partial charge in [0, 0.05) is 35.8 Å². The van der Waals surface area contributed by atoms with Crippen LogP contribution in [-0.2, 0) is 6.42 Å². The summed E-state index contributed by atoms with van der Waals surface area (Å²) in [6.07, 6.45) is 7.44. The molecule has 0 aromatic heterocycles. The molecule has 0 bridgehead atoms. The lowest BCUT2D eigenvalue weighted by atomic mass is 9.86. The third-order valence-electron chi connectivity index (χ3n) is 6.73. The number of benzene rings is 1. The fourth-order valence-electron chi connectivity index (χ4n) is 4.88. The summed E-state index contributed by atoms with van der Waals surface area (Å²) in [4.78, 5) is 0. The Morgan fingerprint density at radius 2 is 2.06 bits per heavy atom. The first kappa shape index (κ1) is 24.8. The van der Waals surface area contributed by atoms with Crippen LogP contribution in [0.1, 0.15) is 77.3 Å². The number of rotatable bonds is 9. The molecular formula is C28H41NO3. The van der Waals surface area contributed by atoms with Crippen LogP contribution in [0.2, 0.25) is 0 Å². The number of hydrogen-bond donors (Lipinski definition) is 3. The molecule has 0 radical (unpaired) electrons. The fraction of sp³-hybridized carbons (Fsp3) is 0.643. The molecule has 0 unspecified atom stereocenters. The molecular weight excluding hydrogens is 398 g/mol. The lowest BCUT2D eigenvalue weighted by Crippen LogP contribution is -2.36. The van der Waals surface area contributed by atoms with Crippen molar-refractivity contribution in [1.82, 2.24) is 5.32 Å². The molecule has 0 amide bonds. The second kappa shape index (κ2) is 10.9. The van der Waals surface area contributed by atoms with E-state index in [1.165, 1.54) is 11.1 Å². The van der Waals surface area contributed by atoms with E-state index in [0.717, 1.165) is 31.6 Å². The van der Waals surface area contributed by atoms with Crippen molar-refractivity contribution < 1.29 is 14.9 Å². The van der Waals surface area contributed by atoms with Gasteiger partial charge in [0.15, 0.2) is 0 Å². The van der Waals surface area contributed by atoms with Crippen LogP contribution in [0.25, 0.3) is 0 Å². The van der Waals surface area contributed by atoms with E-state index in [4.69, 9.17) is 4.74 Å². The Morgan fingerprint density at radius 3 is 2.78 bits per heavy atom. The number of hydrogen-bond acceptors (Lipinski definition) is 4. The molecule has 1 saturated carbocycles. The highest BCUT2D eigenvalue weighted by Gasteiger charge is 2.48. The number of fused-ring (bicyclic) bond motifs is 3. The van der Waals surface area contributed by atoms with Gasteiger partial charge in [-0.25, -0.2) is 0 Å². The Kier molecular flexibility index (Phi) is 8.44. The summed E-state index contributed by atoms with van der Waals surface area (Å²) in [5.41, 5.74) is 2.65. The molecule has 2 aliphatic rings. The summed E-state index contributed by atoms with van der Waals surface area (Å²) < 4.78 is 6.39. The molecule has 4 nitrogen and oxygen atoms in total. The molecule has 3 rings (SSSR count). The largest absolute Gasteiger partial charge is 0.489 e. The topological polar surface area (TPSA) is 61.7 Å². The molecule has 4 heteroatoms. The molecule has 176 valence electrons. The van der Waals surface area contributed by atoms with Crippen molar-refractivity contribution in [1.29, 1.82) is 0 Å². The molecule has 1 aromatic rings. The van der Waals surface area contributed by atoms with Crippen LogP contribution in [0.3, 0.4) is 0 Å². The van der Waals surface area contributed by atoms with E-state index in [0.29, 0.717) is 12.8 Å². The zero-order valence-electron chi connectivity index (χ0n) is 20.4. The maximum absolute atomic E-state index is 10.7. The van der Waals surface area contributed by atoms with Crippen LogP contribution in [0.15, 0.2) is 30.4 Å². The Bertz CT molecular complexity index is 844. The summed E-state index contributed by atoms with van der Waals surface area (Å²) in [6.45, 7) is 11.4. The molecule has 6 atom stereocenters. The van der Waals surface area contributed by atoms with E-state index in [2.05, 4.69) is 56.1 Å². The minimum Gasteiger partial charge on any atom is -0.489 e. The standard InChI is InChI=1S/C28H41NO3/c1-6-7-11-19(2)23(30)16-15-21-24(31)18-25-26(21)22-14-10-13-20(27(22)32-25)12-8-9-17-29-28(3,4)5/h10,13-16,19,21,23-26,29-31H,8-9,11-12,17-18H2,1-5H3/t19-,21+,23-,24-,25+,26+/m1/s1. The summed E-state index contributed by atoms with van der Waals surface area (Å²) in [5, 5.41) is 24.7. The van der Waals surface area contributed by atoms with Crippen molar-refractivity contribution >= 4 is 0 Å². The average Bonchev–Trinajstić information content (AvgIpc) is 3.24. The Balaban J connectivity index is 1.65. The minimum absolute atomic E-state index is 0.0129. The highest BCUT2D eigenvalue weighted by atomic mass is 16.5. The molecule has 0 saturated heterocycles. The summed E-state index contributed by atoms with van der Waals surface area (Å²) in [7, 11) is 0. The van der Waals surface area contributed by atoms with Gasteiger partial charge in [-0.2, -0.15) is 0 Å². The fourth-order valence-corrected chi connectivity index (χ4v) is 4.88. The third-order valence-corrected chi connectivity index (χ3v) is 6.73. The molecule has 1 heterocycles. The lowest BCUT2D eigenvalue weighted by molar-refractivity contribution is 0.134. The summed E-state index contributed by atoms with van der Waals surface area (Å²) >= 11 is 0. The van der Waals surface area contributed by atoms with Crippen molar-refractivity contribution in [2.45, 2.75) is 96.5 Å². The maximum Gasteiger partial charge on any atom is 0.126 e. The number of aryl methyl sites for hydroxylation is 1. The molecule has 1 fully saturated rings. The molecule has 1 aliphatic carbocycles. The normalized spacial score (nSPS) is 26.2. The Labute approximate surface area is 194 Å². The van der Waals surface area contributed by atoms with Crippen molar-refractivity contribution in [2.75, 3.05) is 6.54 Å². The van der Waals surface area contributed by atoms with Gasteiger partial charge in [0.2, 0.25) is 0 Å². The van der Waals surface area contributed by atoms with Gasteiger partial charge in [-0.05, 0) is 65.0 Å². The van der Waals surface area contributed by atoms with E-state index >= 15 is 0 Å². The maximum atomic E-state index is 10.7. The monoisotopic (exact) mass is 439 g/mol. The second-order valence-corrected chi connectivity index (χ2v) is 10.5. The van der Waals surface area contributed by atoms with E-state index in [1.54, 1.807) is 0 Å². The van der Waals surface area contributed by atoms with Gasteiger partial charge in [-0.3, -0.25) is 0 Å². The van der Waals surface area contributed by atoms with Gasteiger partial charge in [-0.1, -0.05) is 37.3 Å². The highest BCUT2D eigenvalue weighted by Crippen LogP contribution is 2.52. The number of unbranched alkanes of at least 4 members (excludes halogenated alkanes) is 1. The first-order valence-electron chi connectivity index (χ1n) is 12.2. The first-order chi connectivity index (χ1) is 15.2. The first-order valence-corrected chi connectivity index (χ1v) is 12.2. The van der Waals surface area contributed by atoms with E-state index in [-0.39, 0.29) is 29.4 Å². The predicted molar refractivity (Wildman–Crippen MR) is 131 cm³/mol. The zero-order chi connectivity index (χ0) is 23.3. The van der Waals surface area contributed by atoms with Gasteiger partial charge in [-0.15, -0.1) is 11.8 Å². The third kappa shape index (κ3) is 6.16. The minimum atomic E-state index is -0.558. The quantitative estimate of drug-likeness (QED) is 0.299. The molecule has 1 aliphatic heterocycles. The van der Waals surface area contributed by atoms with Gasteiger partial charge in [0.25, 0.3) is 0 Å². The lowest BCUT2D eigenvalue weighted by Gasteiger charge is -2.20. The van der Waals surface area contributed by atoms with Gasteiger partial charge in [0.1, 0.15) is 11.9 Å². The van der Waals surface area contributed by atoms with Crippen LogP contribution in [0.5, 0.6) is 5.75 Å². The number of para-hydroxylation sites is 1. The zero-order valence-corrected chi connectivity index (χ0v) is 20.4. The average molecular weight is 440 g/mol. The van der Waals surface area contributed by atoms with Crippen LogP contribution < -0.4 is 10.1 Å². The molecule has 32 heavy (non-hydrogen) atoms. The Morgan fingerprint density at radius 1 is 1.28 bits per heavy atom. The van der Waals surface area contributed by atoms with Crippen LogP contribution in [0.4, 0.5) is 0 Å². The van der Waals surface area contributed by atoms with E-state index < -0.39 is 12.2 Å². The summed E-state index contributed by atoms with van der Waals surface area (Å²) in [6, 6.07) is 6.46. The van der Waals surface area contributed by atoms with E-state index in [1.807, 2.05) is 26.0 Å². The van der Waals surface area contributed by atoms with Gasteiger partial charge < -0.3 is 20.3 Å². The van der Waals surface area contributed by atoms with Crippen molar-refractivity contribution in [2.24, 2.45) is 11.8 Å². The number of aliphatic hydroxyl groups is 2. The van der Waals surface area contributed by atoms with Crippen molar-refractivity contribution in [3.05, 3.63) is 41.5 Å². The molecule has 0 spiro atoms. The van der Waals surface area contributed by atoms with Gasteiger partial charge in [0.05, 0.1) is 12.2 Å². The van der Waals surface area contributed by atoms with Crippen molar-refractivity contribution in [3.8, 4) is 17.6 Å².